The molecule has 0 radical (unpaired) electrons. The third kappa shape index (κ3) is 1.83. The second kappa shape index (κ2) is 4.71. The van der Waals surface area contributed by atoms with Crippen LogP contribution in [0.5, 0.6) is 0 Å². The van der Waals surface area contributed by atoms with Gasteiger partial charge in [0.05, 0.1) is 11.0 Å². The van der Waals surface area contributed by atoms with Gasteiger partial charge in [-0.3, -0.25) is 9.78 Å². The van der Waals surface area contributed by atoms with Crippen LogP contribution < -0.4 is 0 Å². The van der Waals surface area contributed by atoms with Crippen molar-refractivity contribution >= 4 is 39.3 Å². The standard InChI is InChI=1S/C17H16ClN3O/c1-10(22)21-6-5-16-14(9-21)13-8-19-15-7-11(18)3-4-12(15)17(13)20(16)2/h3-4,7-8H,5-6,9H2,1-2H3. The maximum absolute atomic E-state index is 11.7. The van der Waals surface area contributed by atoms with E-state index < -0.39 is 0 Å². The molecule has 0 saturated carbocycles. The number of fused-ring (bicyclic) bond motifs is 5. The number of hydrogen-bond donors (Lipinski definition) is 0. The molecule has 0 unspecified atom stereocenters. The van der Waals surface area contributed by atoms with Crippen LogP contribution in [0.2, 0.25) is 5.02 Å². The van der Waals surface area contributed by atoms with E-state index in [4.69, 9.17) is 11.6 Å². The van der Waals surface area contributed by atoms with E-state index in [1.165, 1.54) is 16.8 Å². The van der Waals surface area contributed by atoms with Crippen LogP contribution in [0.4, 0.5) is 0 Å². The van der Waals surface area contributed by atoms with E-state index >= 15 is 0 Å². The Hall–Kier alpha value is -2.07. The van der Waals surface area contributed by atoms with Gasteiger partial charge in [-0.05, 0) is 18.2 Å². The highest BCUT2D eigenvalue weighted by molar-refractivity contribution is 6.31. The maximum atomic E-state index is 11.7. The zero-order chi connectivity index (χ0) is 15.4. The number of nitrogens with zero attached hydrogens (tertiary/aromatic N) is 3. The lowest BCUT2D eigenvalue weighted by Crippen LogP contribution is -2.34. The molecule has 0 N–H and O–H groups in total. The van der Waals surface area contributed by atoms with Gasteiger partial charge in [-0.15, -0.1) is 0 Å². The summed E-state index contributed by atoms with van der Waals surface area (Å²) in [5.41, 5.74) is 4.61. The fraction of sp³-hybridized carbons (Fsp3) is 0.294. The van der Waals surface area contributed by atoms with E-state index in [-0.39, 0.29) is 5.91 Å². The minimum atomic E-state index is 0.128. The topological polar surface area (TPSA) is 38.1 Å². The van der Waals surface area contributed by atoms with Crippen LogP contribution in [0.15, 0.2) is 24.4 Å². The van der Waals surface area contributed by atoms with Crippen LogP contribution in [0.1, 0.15) is 18.2 Å². The van der Waals surface area contributed by atoms with Gasteiger partial charge in [-0.25, -0.2) is 0 Å². The van der Waals surface area contributed by atoms with Crippen molar-refractivity contribution in [1.29, 1.82) is 0 Å². The van der Waals surface area contributed by atoms with Crippen LogP contribution in [0.25, 0.3) is 21.8 Å². The third-order valence-electron chi connectivity index (χ3n) is 4.63. The van der Waals surface area contributed by atoms with Crippen molar-refractivity contribution in [3.05, 3.63) is 40.7 Å². The maximum Gasteiger partial charge on any atom is 0.219 e. The molecule has 112 valence electrons. The number of pyridine rings is 1. The molecule has 0 fully saturated rings. The fourth-order valence-electron chi connectivity index (χ4n) is 3.50. The Morgan fingerprint density at radius 1 is 1.32 bits per heavy atom. The molecule has 1 aliphatic heterocycles. The molecule has 0 aliphatic carbocycles. The van der Waals surface area contributed by atoms with Crippen LogP contribution in [-0.4, -0.2) is 26.9 Å². The Morgan fingerprint density at radius 3 is 2.91 bits per heavy atom. The molecule has 0 spiro atoms. The summed E-state index contributed by atoms with van der Waals surface area (Å²) in [7, 11) is 2.10. The summed E-state index contributed by atoms with van der Waals surface area (Å²) in [6.45, 7) is 3.08. The smallest absolute Gasteiger partial charge is 0.219 e. The second-order valence-corrected chi connectivity index (χ2v) is 6.29. The number of halogens is 1. The molecular weight excluding hydrogens is 298 g/mol. The predicted octanol–water partition coefficient (Wildman–Crippen LogP) is 3.28. The lowest BCUT2D eigenvalue weighted by Gasteiger charge is -2.26. The zero-order valence-electron chi connectivity index (χ0n) is 12.6. The van der Waals surface area contributed by atoms with Crippen molar-refractivity contribution in [2.45, 2.75) is 19.9 Å². The molecule has 22 heavy (non-hydrogen) atoms. The fourth-order valence-corrected chi connectivity index (χ4v) is 3.67. The summed E-state index contributed by atoms with van der Waals surface area (Å²) in [5, 5.41) is 2.94. The van der Waals surface area contributed by atoms with Crippen LogP contribution in [-0.2, 0) is 24.8 Å². The van der Waals surface area contributed by atoms with E-state index in [0.29, 0.717) is 11.6 Å². The molecule has 4 nitrogen and oxygen atoms in total. The van der Waals surface area contributed by atoms with Gasteiger partial charge in [-0.1, -0.05) is 11.6 Å². The van der Waals surface area contributed by atoms with E-state index in [9.17, 15) is 4.79 Å². The minimum absolute atomic E-state index is 0.128. The highest BCUT2D eigenvalue weighted by Gasteiger charge is 2.25. The summed E-state index contributed by atoms with van der Waals surface area (Å²) >= 11 is 6.07. The Kier molecular flexibility index (Phi) is 2.91. The average molecular weight is 314 g/mol. The van der Waals surface area contributed by atoms with Crippen molar-refractivity contribution in [2.75, 3.05) is 6.54 Å². The molecule has 0 bridgehead atoms. The largest absolute Gasteiger partial charge is 0.347 e. The van der Waals surface area contributed by atoms with Crippen LogP contribution in [0, 0.1) is 0 Å². The number of aryl methyl sites for hydroxylation is 1. The van der Waals surface area contributed by atoms with E-state index in [1.807, 2.05) is 29.3 Å². The highest BCUT2D eigenvalue weighted by atomic mass is 35.5. The molecule has 5 heteroatoms. The summed E-state index contributed by atoms with van der Waals surface area (Å²) in [4.78, 5) is 18.1. The van der Waals surface area contributed by atoms with Crippen molar-refractivity contribution in [3.8, 4) is 0 Å². The van der Waals surface area contributed by atoms with Crippen molar-refractivity contribution < 1.29 is 4.79 Å². The van der Waals surface area contributed by atoms with Crippen molar-refractivity contribution in [3.63, 3.8) is 0 Å². The lowest BCUT2D eigenvalue weighted by molar-refractivity contribution is -0.129. The van der Waals surface area contributed by atoms with Gasteiger partial charge in [0.25, 0.3) is 0 Å². The first-order valence-corrected chi connectivity index (χ1v) is 7.74. The first-order valence-electron chi connectivity index (χ1n) is 7.36. The van der Waals surface area contributed by atoms with E-state index in [2.05, 4.69) is 16.6 Å². The van der Waals surface area contributed by atoms with Gasteiger partial charge < -0.3 is 9.47 Å². The Labute approximate surface area is 133 Å². The Morgan fingerprint density at radius 2 is 2.14 bits per heavy atom. The number of benzene rings is 1. The number of aromatic nitrogens is 2. The van der Waals surface area contributed by atoms with Gasteiger partial charge in [0.1, 0.15) is 0 Å². The molecule has 1 aromatic carbocycles. The highest BCUT2D eigenvalue weighted by Crippen LogP contribution is 2.34. The molecule has 0 atom stereocenters. The van der Waals surface area contributed by atoms with Crippen molar-refractivity contribution in [1.82, 2.24) is 14.5 Å². The predicted molar refractivity (Wildman–Crippen MR) is 88.0 cm³/mol. The molecule has 3 heterocycles. The number of carbonyl (C=O) groups excluding carboxylic acids is 1. The normalized spacial score (nSPS) is 14.6. The summed E-state index contributed by atoms with van der Waals surface area (Å²) in [6.07, 6.45) is 2.80. The Balaban J connectivity index is 2.03. The second-order valence-electron chi connectivity index (χ2n) is 5.86. The number of carbonyl (C=O) groups is 1. The quantitative estimate of drug-likeness (QED) is 0.639. The zero-order valence-corrected chi connectivity index (χ0v) is 13.3. The molecular formula is C17H16ClN3O. The average Bonchev–Trinajstić information content (AvgIpc) is 2.80. The SMILES string of the molecule is CC(=O)N1CCc2c(c3cnc4cc(Cl)ccc4c3n2C)C1. The van der Waals surface area contributed by atoms with Gasteiger partial charge in [0.15, 0.2) is 0 Å². The van der Waals surface area contributed by atoms with E-state index in [0.717, 1.165) is 29.3 Å². The monoisotopic (exact) mass is 313 g/mol. The first kappa shape index (κ1) is 13.6. The van der Waals surface area contributed by atoms with Gasteiger partial charge in [0.2, 0.25) is 5.91 Å². The molecule has 2 aromatic heterocycles. The Bertz CT molecular complexity index is 929. The molecule has 3 aromatic rings. The number of rotatable bonds is 0. The number of hydrogen-bond acceptors (Lipinski definition) is 2. The summed E-state index contributed by atoms with van der Waals surface area (Å²) in [6, 6.07) is 5.82. The first-order chi connectivity index (χ1) is 10.6. The van der Waals surface area contributed by atoms with Gasteiger partial charge >= 0.3 is 0 Å². The molecule has 1 amide bonds. The number of amides is 1. The molecule has 0 saturated heterocycles. The van der Waals surface area contributed by atoms with E-state index in [1.54, 1.807) is 6.92 Å². The van der Waals surface area contributed by atoms with Gasteiger partial charge in [0, 0.05) is 66.7 Å². The molecule has 4 rings (SSSR count). The van der Waals surface area contributed by atoms with Crippen LogP contribution in [0.3, 0.4) is 0 Å². The third-order valence-corrected chi connectivity index (χ3v) is 4.86. The summed E-state index contributed by atoms with van der Waals surface area (Å²) < 4.78 is 2.25. The summed E-state index contributed by atoms with van der Waals surface area (Å²) in [5.74, 6) is 0.128. The van der Waals surface area contributed by atoms with Crippen molar-refractivity contribution in [2.24, 2.45) is 7.05 Å². The minimum Gasteiger partial charge on any atom is -0.347 e. The molecule has 1 aliphatic rings. The van der Waals surface area contributed by atoms with Crippen LogP contribution >= 0.6 is 11.6 Å². The van der Waals surface area contributed by atoms with Gasteiger partial charge in [-0.2, -0.15) is 0 Å². The lowest BCUT2D eigenvalue weighted by atomic mass is 10.0.